The third-order valence-corrected chi connectivity index (χ3v) is 3.81. The van der Waals surface area contributed by atoms with E-state index in [-0.39, 0.29) is 18.0 Å². The van der Waals surface area contributed by atoms with E-state index in [1.807, 2.05) is 6.07 Å². The van der Waals surface area contributed by atoms with Gasteiger partial charge in [0.2, 0.25) is 5.82 Å². The Bertz CT molecular complexity index is 1130. The van der Waals surface area contributed by atoms with Crippen LogP contribution in [0.3, 0.4) is 0 Å². The topological polar surface area (TPSA) is 99.8 Å². The van der Waals surface area contributed by atoms with Crippen molar-refractivity contribution in [1.82, 2.24) is 25.1 Å². The molecule has 3 aromatic heterocycles. The molecule has 0 radical (unpaired) electrons. The lowest BCUT2D eigenvalue weighted by Crippen LogP contribution is -2.22. The van der Waals surface area contributed by atoms with Gasteiger partial charge >= 0.3 is 0 Å². The Labute approximate surface area is 152 Å². The zero-order valence-electron chi connectivity index (χ0n) is 13.6. The van der Waals surface area contributed by atoms with Crippen molar-refractivity contribution in [2.45, 2.75) is 13.5 Å². The molecule has 0 N–H and O–H groups in total. The molecule has 0 unspecified atom stereocenters. The summed E-state index contributed by atoms with van der Waals surface area (Å²) in [6.45, 7) is 1.96. The van der Waals surface area contributed by atoms with Crippen LogP contribution in [0.15, 0.2) is 56.3 Å². The summed E-state index contributed by atoms with van der Waals surface area (Å²) in [6.07, 6.45) is 0. The first kappa shape index (κ1) is 16.2. The van der Waals surface area contributed by atoms with E-state index in [9.17, 15) is 4.79 Å². The Morgan fingerprint density at radius 1 is 1.12 bits per heavy atom. The van der Waals surface area contributed by atoms with Crippen molar-refractivity contribution in [2.75, 3.05) is 0 Å². The number of aromatic nitrogens is 5. The molecule has 4 aromatic rings. The Kier molecular flexibility index (Phi) is 4.10. The second kappa shape index (κ2) is 6.57. The van der Waals surface area contributed by atoms with Gasteiger partial charge in [-0.1, -0.05) is 34.0 Å². The third kappa shape index (κ3) is 3.27. The highest BCUT2D eigenvalue weighted by Crippen LogP contribution is 2.22. The fourth-order valence-corrected chi connectivity index (χ4v) is 2.58. The molecule has 0 fully saturated rings. The van der Waals surface area contributed by atoms with Crippen molar-refractivity contribution in [2.24, 2.45) is 0 Å². The van der Waals surface area contributed by atoms with Crippen LogP contribution < -0.4 is 5.56 Å². The van der Waals surface area contributed by atoms with Crippen LogP contribution in [0.5, 0.6) is 0 Å². The number of aryl methyl sites for hydroxylation is 1. The Morgan fingerprint density at radius 2 is 2.00 bits per heavy atom. The summed E-state index contributed by atoms with van der Waals surface area (Å²) < 4.78 is 11.7. The predicted octanol–water partition coefficient (Wildman–Crippen LogP) is 2.96. The maximum Gasteiger partial charge on any atom is 0.278 e. The standard InChI is InChI=1S/C17H12ClN5O3/c1-10-7-13(25-21-10)9-23-15(24)6-5-14(20-23)17-19-16(22-26-17)11-3-2-4-12(18)8-11/h2-8H,9H2,1H3. The van der Waals surface area contributed by atoms with E-state index in [0.717, 1.165) is 11.3 Å². The quantitative estimate of drug-likeness (QED) is 0.545. The molecule has 3 heterocycles. The van der Waals surface area contributed by atoms with Crippen LogP contribution in [0.4, 0.5) is 0 Å². The van der Waals surface area contributed by atoms with Crippen LogP contribution in [0.25, 0.3) is 23.0 Å². The van der Waals surface area contributed by atoms with Gasteiger partial charge in [0, 0.05) is 22.7 Å². The van der Waals surface area contributed by atoms with Gasteiger partial charge < -0.3 is 9.05 Å². The Balaban J connectivity index is 1.66. The molecule has 0 atom stereocenters. The van der Waals surface area contributed by atoms with Crippen LogP contribution in [0, 0.1) is 6.92 Å². The first-order valence-electron chi connectivity index (χ1n) is 7.69. The van der Waals surface area contributed by atoms with Gasteiger partial charge in [-0.25, -0.2) is 4.68 Å². The van der Waals surface area contributed by atoms with Crippen LogP contribution in [0.1, 0.15) is 11.5 Å². The molecule has 0 aliphatic heterocycles. The molecule has 8 nitrogen and oxygen atoms in total. The molecule has 9 heteroatoms. The lowest BCUT2D eigenvalue weighted by molar-refractivity contribution is 0.365. The lowest BCUT2D eigenvalue weighted by atomic mass is 10.2. The van der Waals surface area contributed by atoms with Crippen molar-refractivity contribution in [1.29, 1.82) is 0 Å². The van der Waals surface area contributed by atoms with Crippen molar-refractivity contribution in [3.63, 3.8) is 0 Å². The monoisotopic (exact) mass is 369 g/mol. The molecule has 0 spiro atoms. The summed E-state index contributed by atoms with van der Waals surface area (Å²) in [5.74, 6) is 1.11. The Morgan fingerprint density at radius 3 is 2.77 bits per heavy atom. The van der Waals surface area contributed by atoms with Gasteiger partial charge in [0.15, 0.2) is 5.76 Å². The summed E-state index contributed by atoms with van der Waals surface area (Å²) in [5.41, 5.74) is 1.55. The van der Waals surface area contributed by atoms with E-state index in [0.29, 0.717) is 22.3 Å². The molecule has 0 aliphatic carbocycles. The molecule has 0 amide bonds. The number of hydrogen-bond acceptors (Lipinski definition) is 7. The molecular formula is C17H12ClN5O3. The van der Waals surface area contributed by atoms with E-state index in [2.05, 4.69) is 20.4 Å². The smallest absolute Gasteiger partial charge is 0.278 e. The van der Waals surface area contributed by atoms with Crippen LogP contribution in [-0.4, -0.2) is 25.1 Å². The number of benzene rings is 1. The predicted molar refractivity (Wildman–Crippen MR) is 92.6 cm³/mol. The van der Waals surface area contributed by atoms with Gasteiger partial charge in [-0.05, 0) is 25.1 Å². The fourth-order valence-electron chi connectivity index (χ4n) is 2.39. The SMILES string of the molecule is Cc1cc(Cn2nc(-c3nc(-c4cccc(Cl)c4)no3)ccc2=O)on1. The molecule has 0 saturated carbocycles. The second-order valence-corrected chi connectivity index (χ2v) is 6.02. The molecule has 0 aliphatic rings. The van der Waals surface area contributed by atoms with E-state index in [1.165, 1.54) is 16.8 Å². The lowest BCUT2D eigenvalue weighted by Gasteiger charge is -2.02. The minimum Gasteiger partial charge on any atom is -0.359 e. The number of nitrogens with zero attached hydrogens (tertiary/aromatic N) is 5. The number of rotatable bonds is 4. The highest BCUT2D eigenvalue weighted by atomic mass is 35.5. The van der Waals surface area contributed by atoms with Gasteiger partial charge in [0.1, 0.15) is 12.2 Å². The number of halogens is 1. The molecular weight excluding hydrogens is 358 g/mol. The normalized spacial score (nSPS) is 11.0. The zero-order valence-corrected chi connectivity index (χ0v) is 14.3. The van der Waals surface area contributed by atoms with Gasteiger partial charge in [0.05, 0.1) is 5.69 Å². The molecule has 1 aromatic carbocycles. The molecule has 4 rings (SSSR count). The van der Waals surface area contributed by atoms with E-state index < -0.39 is 0 Å². The fraction of sp³-hybridized carbons (Fsp3) is 0.118. The Hall–Kier alpha value is -3.26. The summed E-state index contributed by atoms with van der Waals surface area (Å²) >= 11 is 5.98. The largest absolute Gasteiger partial charge is 0.359 e. The first-order chi connectivity index (χ1) is 12.6. The molecule has 26 heavy (non-hydrogen) atoms. The minimum atomic E-state index is -0.280. The summed E-state index contributed by atoms with van der Waals surface area (Å²) in [5, 5.41) is 12.6. The molecule has 130 valence electrons. The van der Waals surface area contributed by atoms with Crippen molar-refractivity contribution in [3.05, 3.63) is 69.3 Å². The third-order valence-electron chi connectivity index (χ3n) is 3.58. The average molecular weight is 370 g/mol. The maximum atomic E-state index is 12.0. The maximum absolute atomic E-state index is 12.0. The van der Waals surface area contributed by atoms with Crippen molar-refractivity contribution in [3.8, 4) is 23.0 Å². The summed E-state index contributed by atoms with van der Waals surface area (Å²) in [7, 11) is 0. The summed E-state index contributed by atoms with van der Waals surface area (Å²) in [4.78, 5) is 16.4. The minimum absolute atomic E-state index is 0.156. The van der Waals surface area contributed by atoms with Gasteiger partial charge in [0.25, 0.3) is 11.4 Å². The van der Waals surface area contributed by atoms with Crippen molar-refractivity contribution < 1.29 is 9.05 Å². The molecule has 0 saturated heterocycles. The first-order valence-corrected chi connectivity index (χ1v) is 8.07. The number of hydrogen-bond donors (Lipinski definition) is 0. The highest BCUT2D eigenvalue weighted by molar-refractivity contribution is 6.30. The van der Waals surface area contributed by atoms with Gasteiger partial charge in [-0.2, -0.15) is 10.1 Å². The zero-order chi connectivity index (χ0) is 18.1. The van der Waals surface area contributed by atoms with Gasteiger partial charge in [-0.3, -0.25) is 4.79 Å². The highest BCUT2D eigenvalue weighted by Gasteiger charge is 2.14. The van der Waals surface area contributed by atoms with E-state index >= 15 is 0 Å². The second-order valence-electron chi connectivity index (χ2n) is 5.58. The average Bonchev–Trinajstić information content (AvgIpc) is 3.26. The van der Waals surface area contributed by atoms with Gasteiger partial charge in [-0.15, -0.1) is 0 Å². The van der Waals surface area contributed by atoms with Crippen LogP contribution >= 0.6 is 11.6 Å². The van der Waals surface area contributed by atoms with Crippen molar-refractivity contribution >= 4 is 11.6 Å². The van der Waals surface area contributed by atoms with E-state index in [4.69, 9.17) is 20.6 Å². The summed E-state index contributed by atoms with van der Waals surface area (Å²) in [6, 6.07) is 11.8. The van der Waals surface area contributed by atoms with Crippen LogP contribution in [-0.2, 0) is 6.54 Å². The van der Waals surface area contributed by atoms with Crippen LogP contribution in [0.2, 0.25) is 5.02 Å². The van der Waals surface area contributed by atoms with E-state index in [1.54, 1.807) is 31.2 Å². The molecule has 0 bridgehead atoms.